The zero-order valence-corrected chi connectivity index (χ0v) is 13.8. The van der Waals surface area contributed by atoms with Crippen molar-refractivity contribution in [2.45, 2.75) is 6.92 Å². The van der Waals surface area contributed by atoms with E-state index in [2.05, 4.69) is 10.3 Å². The lowest BCUT2D eigenvalue weighted by Gasteiger charge is -2.00. The van der Waals surface area contributed by atoms with Crippen molar-refractivity contribution in [3.63, 3.8) is 0 Å². The van der Waals surface area contributed by atoms with E-state index in [1.807, 2.05) is 31.2 Å². The van der Waals surface area contributed by atoms with Crippen LogP contribution in [0.5, 0.6) is 5.75 Å². The second-order valence-corrected chi connectivity index (χ2v) is 6.49. The first kappa shape index (κ1) is 15.6. The van der Waals surface area contributed by atoms with E-state index in [0.29, 0.717) is 20.7 Å². The number of thioether (sulfide) groups is 1. The summed E-state index contributed by atoms with van der Waals surface area (Å²) in [4.78, 5) is 16.9. The lowest BCUT2D eigenvalue weighted by molar-refractivity contribution is -0.115. The van der Waals surface area contributed by atoms with Gasteiger partial charge in [0.05, 0.1) is 10.6 Å². The van der Waals surface area contributed by atoms with Crippen LogP contribution in [0.4, 0.5) is 5.69 Å². The van der Waals surface area contributed by atoms with E-state index >= 15 is 0 Å². The van der Waals surface area contributed by atoms with Crippen LogP contribution in [0.25, 0.3) is 6.08 Å². The molecule has 1 saturated heterocycles. The molecule has 1 amide bonds. The molecule has 0 spiro atoms. The molecule has 0 radical (unpaired) electrons. The minimum atomic E-state index is -0.250. The lowest BCUT2D eigenvalue weighted by atomic mass is 10.2. The first-order valence-electron chi connectivity index (χ1n) is 6.86. The predicted molar refractivity (Wildman–Crippen MR) is 95.1 cm³/mol. The number of rotatable bonds is 2. The summed E-state index contributed by atoms with van der Waals surface area (Å²) in [5, 5.41) is 13.5. The highest BCUT2D eigenvalue weighted by Crippen LogP contribution is 2.31. The summed E-state index contributed by atoms with van der Waals surface area (Å²) in [6, 6.07) is 12.4. The number of halogens is 1. The Bertz CT molecular complexity index is 829. The fraction of sp³-hybridized carbons (Fsp3) is 0.0588. The summed E-state index contributed by atoms with van der Waals surface area (Å²) in [5.74, 6) is -0.181. The van der Waals surface area contributed by atoms with Crippen LogP contribution in [-0.2, 0) is 4.79 Å². The Hall–Kier alpha value is -2.24. The number of nitrogens with zero attached hydrogens (tertiary/aromatic N) is 1. The third-order valence-corrected chi connectivity index (χ3v) is 4.34. The van der Waals surface area contributed by atoms with Crippen molar-refractivity contribution >= 4 is 46.2 Å². The molecule has 23 heavy (non-hydrogen) atoms. The van der Waals surface area contributed by atoms with Crippen molar-refractivity contribution < 1.29 is 9.90 Å². The molecule has 0 aliphatic carbocycles. The molecular formula is C17H13ClN2O2S. The Morgan fingerprint density at radius 1 is 1.22 bits per heavy atom. The lowest BCUT2D eigenvalue weighted by Crippen LogP contribution is -2.19. The molecule has 2 aromatic carbocycles. The number of nitrogens with one attached hydrogen (secondary N) is 1. The van der Waals surface area contributed by atoms with E-state index in [-0.39, 0.29) is 11.7 Å². The number of benzene rings is 2. The van der Waals surface area contributed by atoms with Crippen LogP contribution in [-0.4, -0.2) is 16.2 Å². The van der Waals surface area contributed by atoms with Crippen molar-refractivity contribution in [1.82, 2.24) is 5.32 Å². The normalized spacial score (nSPS) is 17.7. The van der Waals surface area contributed by atoms with Gasteiger partial charge in [-0.3, -0.25) is 4.79 Å². The van der Waals surface area contributed by atoms with Gasteiger partial charge in [0.15, 0.2) is 5.17 Å². The molecule has 3 rings (SSSR count). The van der Waals surface area contributed by atoms with Crippen molar-refractivity contribution in [2.24, 2.45) is 4.99 Å². The summed E-state index contributed by atoms with van der Waals surface area (Å²) in [5.41, 5.74) is 2.41. The maximum Gasteiger partial charge on any atom is 0.264 e. The molecule has 2 N–H and O–H groups in total. The standard InChI is InChI=1S/C17H13ClN2O2S/c1-10-2-5-13(6-3-10)19-17-20-16(22)15(23-17)9-11-8-12(18)4-7-14(11)21/h2-9,21H,1H3,(H,19,20,22)/b15-9-. The Morgan fingerprint density at radius 2 is 1.96 bits per heavy atom. The molecule has 1 heterocycles. The van der Waals surface area contributed by atoms with Gasteiger partial charge in [-0.05, 0) is 55.1 Å². The van der Waals surface area contributed by atoms with Gasteiger partial charge in [0.25, 0.3) is 5.91 Å². The Balaban J connectivity index is 1.86. The number of amides is 1. The minimum Gasteiger partial charge on any atom is -0.507 e. The summed E-state index contributed by atoms with van der Waals surface area (Å²) >= 11 is 7.14. The summed E-state index contributed by atoms with van der Waals surface area (Å²) < 4.78 is 0. The summed E-state index contributed by atoms with van der Waals surface area (Å²) in [7, 11) is 0. The average molecular weight is 345 g/mol. The Morgan fingerprint density at radius 3 is 2.70 bits per heavy atom. The van der Waals surface area contributed by atoms with Crippen molar-refractivity contribution in [3.05, 3.63) is 63.5 Å². The van der Waals surface area contributed by atoms with Gasteiger partial charge in [0, 0.05) is 10.6 Å². The number of carbonyl (C=O) groups excluding carboxylic acids is 1. The molecular weight excluding hydrogens is 332 g/mol. The van der Waals surface area contributed by atoms with Gasteiger partial charge in [0.2, 0.25) is 0 Å². The van der Waals surface area contributed by atoms with Crippen molar-refractivity contribution in [2.75, 3.05) is 0 Å². The van der Waals surface area contributed by atoms with Gasteiger partial charge in [0.1, 0.15) is 5.75 Å². The van der Waals surface area contributed by atoms with E-state index in [1.54, 1.807) is 18.2 Å². The third-order valence-electron chi connectivity index (χ3n) is 3.19. The highest BCUT2D eigenvalue weighted by Gasteiger charge is 2.24. The number of aliphatic imine (C=N–C) groups is 1. The molecule has 116 valence electrons. The predicted octanol–water partition coefficient (Wildman–Crippen LogP) is 4.25. The number of carbonyl (C=O) groups is 1. The van der Waals surface area contributed by atoms with Gasteiger partial charge in [-0.25, -0.2) is 4.99 Å². The van der Waals surface area contributed by atoms with Gasteiger partial charge in [-0.1, -0.05) is 29.3 Å². The van der Waals surface area contributed by atoms with Crippen LogP contribution in [0, 0.1) is 6.92 Å². The zero-order valence-electron chi connectivity index (χ0n) is 12.2. The van der Waals surface area contributed by atoms with Crippen LogP contribution in [0.15, 0.2) is 52.4 Å². The first-order valence-corrected chi connectivity index (χ1v) is 8.05. The number of hydrogen-bond acceptors (Lipinski definition) is 4. The molecule has 1 fully saturated rings. The molecule has 1 aliphatic heterocycles. The highest BCUT2D eigenvalue weighted by molar-refractivity contribution is 8.18. The third kappa shape index (κ3) is 3.75. The Labute approximate surface area is 142 Å². The largest absolute Gasteiger partial charge is 0.507 e. The molecule has 0 aromatic heterocycles. The van der Waals surface area contributed by atoms with Crippen LogP contribution in [0.2, 0.25) is 5.02 Å². The number of hydrogen-bond donors (Lipinski definition) is 2. The van der Waals surface area contributed by atoms with E-state index in [9.17, 15) is 9.90 Å². The maximum atomic E-state index is 12.0. The van der Waals surface area contributed by atoms with E-state index in [0.717, 1.165) is 11.3 Å². The Kier molecular flexibility index (Phi) is 4.41. The molecule has 6 heteroatoms. The van der Waals surface area contributed by atoms with Gasteiger partial charge < -0.3 is 10.4 Å². The average Bonchev–Trinajstić information content (AvgIpc) is 2.85. The van der Waals surface area contributed by atoms with Crippen LogP contribution >= 0.6 is 23.4 Å². The van der Waals surface area contributed by atoms with Gasteiger partial charge >= 0.3 is 0 Å². The van der Waals surface area contributed by atoms with Crippen LogP contribution < -0.4 is 5.32 Å². The zero-order chi connectivity index (χ0) is 16.4. The SMILES string of the molecule is Cc1ccc(N=C2NC(=O)/C(=C/c3cc(Cl)ccc3O)S2)cc1. The quantitative estimate of drug-likeness (QED) is 0.801. The number of aryl methyl sites for hydroxylation is 1. The van der Waals surface area contributed by atoms with Crippen LogP contribution in [0.1, 0.15) is 11.1 Å². The van der Waals surface area contributed by atoms with Gasteiger partial charge in [-0.2, -0.15) is 0 Å². The summed E-state index contributed by atoms with van der Waals surface area (Å²) in [6.07, 6.45) is 1.60. The minimum absolute atomic E-state index is 0.0687. The monoisotopic (exact) mass is 344 g/mol. The highest BCUT2D eigenvalue weighted by atomic mass is 35.5. The molecule has 2 aromatic rings. The molecule has 0 saturated carbocycles. The van der Waals surface area contributed by atoms with E-state index < -0.39 is 0 Å². The molecule has 0 unspecified atom stereocenters. The second kappa shape index (κ2) is 6.48. The second-order valence-electron chi connectivity index (χ2n) is 5.02. The number of phenols is 1. The molecule has 0 atom stereocenters. The van der Waals surface area contributed by atoms with E-state index in [4.69, 9.17) is 11.6 Å². The van der Waals surface area contributed by atoms with Gasteiger partial charge in [-0.15, -0.1) is 0 Å². The summed E-state index contributed by atoms with van der Waals surface area (Å²) in [6.45, 7) is 2.00. The van der Waals surface area contributed by atoms with E-state index in [1.165, 1.54) is 17.8 Å². The first-order chi connectivity index (χ1) is 11.0. The fourth-order valence-electron chi connectivity index (χ4n) is 2.00. The maximum absolute atomic E-state index is 12.0. The topological polar surface area (TPSA) is 61.7 Å². The molecule has 0 bridgehead atoms. The fourth-order valence-corrected chi connectivity index (χ4v) is 3.01. The van der Waals surface area contributed by atoms with Crippen LogP contribution in [0.3, 0.4) is 0 Å². The molecule has 1 aliphatic rings. The number of amidine groups is 1. The smallest absolute Gasteiger partial charge is 0.264 e. The molecule has 4 nitrogen and oxygen atoms in total. The number of phenolic OH excluding ortho intramolecular Hbond substituents is 1. The van der Waals surface area contributed by atoms with Crippen molar-refractivity contribution in [3.8, 4) is 5.75 Å². The van der Waals surface area contributed by atoms with Crippen molar-refractivity contribution in [1.29, 1.82) is 0 Å². The number of aromatic hydroxyl groups is 1.